The zero-order chi connectivity index (χ0) is 10.6. The van der Waals surface area contributed by atoms with Gasteiger partial charge in [0.15, 0.2) is 7.28 Å². The summed E-state index contributed by atoms with van der Waals surface area (Å²) in [7, 11) is 5.94. The molecule has 0 amide bonds. The Kier molecular flexibility index (Phi) is 6.35. The van der Waals surface area contributed by atoms with Gasteiger partial charge >= 0.3 is 0 Å². The molecule has 1 aliphatic heterocycles. The predicted molar refractivity (Wildman–Crippen MR) is 66.2 cm³/mol. The number of ether oxygens (including phenoxy) is 1. The predicted octanol–water partition coefficient (Wildman–Crippen LogP) is 0.132. The van der Waals surface area contributed by atoms with Crippen molar-refractivity contribution >= 4 is 34.2 Å². The first-order valence-electron chi connectivity index (χ1n) is 4.51. The molecule has 4 unspecified atom stereocenters. The molecule has 1 N–H and O–H groups in total. The summed E-state index contributed by atoms with van der Waals surface area (Å²) in [5.74, 6) is 0. The smallest absolute Gasteiger partial charge is 0.158 e. The lowest BCUT2D eigenvalue weighted by Gasteiger charge is -2.21. The van der Waals surface area contributed by atoms with E-state index in [1.54, 1.807) is 0 Å². The molecule has 0 radical (unpaired) electrons. The van der Waals surface area contributed by atoms with Crippen molar-refractivity contribution in [3.05, 3.63) is 0 Å². The second kappa shape index (κ2) is 6.71. The number of aliphatic hydroxyl groups excluding tert-OH is 1. The van der Waals surface area contributed by atoms with E-state index in [9.17, 15) is 0 Å². The van der Waals surface area contributed by atoms with Crippen LogP contribution in [0.1, 0.15) is 0 Å². The highest BCUT2D eigenvalue weighted by Crippen LogP contribution is 2.34. The fourth-order valence-electron chi connectivity index (χ4n) is 1.66. The minimum Gasteiger partial charge on any atom is -0.394 e. The van der Waals surface area contributed by atoms with E-state index >= 15 is 0 Å². The van der Waals surface area contributed by atoms with Crippen molar-refractivity contribution < 1.29 is 18.9 Å². The van der Waals surface area contributed by atoms with Crippen molar-refractivity contribution in [1.29, 1.82) is 0 Å². The number of rotatable bonds is 5. The molecule has 0 bridgehead atoms. The SMILES string of the molecule is CB[C@@H]1O[C@H](CO)[C@H](OP)C1OPP. The molecule has 0 saturated carbocycles. The lowest BCUT2D eigenvalue weighted by molar-refractivity contribution is 0.00730. The lowest BCUT2D eigenvalue weighted by Crippen LogP contribution is -2.36. The second-order valence-electron chi connectivity index (χ2n) is 3.10. The molecule has 0 aromatic heterocycles. The summed E-state index contributed by atoms with van der Waals surface area (Å²) in [5.41, 5.74) is 0. The Morgan fingerprint density at radius 3 is 2.71 bits per heavy atom. The fraction of sp³-hybridized carbons (Fsp3) is 1.00. The maximum absolute atomic E-state index is 9.09. The van der Waals surface area contributed by atoms with Gasteiger partial charge in [0.25, 0.3) is 0 Å². The van der Waals surface area contributed by atoms with Gasteiger partial charge in [0, 0.05) is 18.0 Å². The number of hydrogen-bond donors (Lipinski definition) is 1. The molecule has 1 heterocycles. The minimum absolute atomic E-state index is 0.0192. The normalized spacial score (nSPS) is 38.3. The van der Waals surface area contributed by atoms with Gasteiger partial charge in [0.05, 0.1) is 12.6 Å². The summed E-state index contributed by atoms with van der Waals surface area (Å²) in [6.07, 6.45) is -0.544. The summed E-state index contributed by atoms with van der Waals surface area (Å²) < 4.78 is 16.4. The number of aliphatic hydroxyl groups is 1. The van der Waals surface area contributed by atoms with Gasteiger partial charge in [0.2, 0.25) is 0 Å². The highest BCUT2D eigenvalue weighted by atomic mass is 32.0. The molecule has 1 fully saturated rings. The Morgan fingerprint density at radius 1 is 1.57 bits per heavy atom. The molecule has 0 spiro atoms. The van der Waals surface area contributed by atoms with Crippen LogP contribution in [-0.4, -0.2) is 43.3 Å². The summed E-state index contributed by atoms with van der Waals surface area (Å²) in [5, 5.41) is 9.09. The Morgan fingerprint density at radius 2 is 2.29 bits per heavy atom. The fourth-order valence-corrected chi connectivity index (χ4v) is 2.91. The quantitative estimate of drug-likeness (QED) is 0.561. The van der Waals surface area contributed by atoms with E-state index in [2.05, 4.69) is 18.4 Å². The van der Waals surface area contributed by atoms with Crippen LogP contribution in [0, 0.1) is 0 Å². The Bertz CT molecular complexity index is 175. The van der Waals surface area contributed by atoms with Crippen LogP contribution in [0.5, 0.6) is 0 Å². The molecule has 1 aliphatic rings. The topological polar surface area (TPSA) is 47.9 Å². The van der Waals surface area contributed by atoms with Crippen molar-refractivity contribution in [2.75, 3.05) is 6.61 Å². The summed E-state index contributed by atoms with van der Waals surface area (Å²) in [4.78, 5) is 0. The minimum atomic E-state index is -0.274. The summed E-state index contributed by atoms with van der Waals surface area (Å²) in [6.45, 7) is 2.00. The maximum atomic E-state index is 9.09. The Balaban J connectivity index is 2.64. The van der Waals surface area contributed by atoms with Gasteiger partial charge in [-0.2, -0.15) is 0 Å². The monoisotopic (exact) mass is 256 g/mol. The maximum Gasteiger partial charge on any atom is 0.158 e. The van der Waals surface area contributed by atoms with Gasteiger partial charge in [-0.3, -0.25) is 0 Å². The molecule has 1 rings (SSSR count). The molecule has 8 heteroatoms. The first kappa shape index (κ1) is 13.3. The van der Waals surface area contributed by atoms with Crippen LogP contribution >= 0.6 is 26.9 Å². The highest BCUT2D eigenvalue weighted by molar-refractivity contribution is 8.00. The van der Waals surface area contributed by atoms with E-state index in [1.165, 1.54) is 0 Å². The van der Waals surface area contributed by atoms with Crippen LogP contribution in [0.2, 0.25) is 6.82 Å². The molecule has 82 valence electrons. The summed E-state index contributed by atoms with van der Waals surface area (Å²) >= 11 is 0. The average molecular weight is 256 g/mol. The van der Waals surface area contributed by atoms with E-state index in [0.29, 0.717) is 8.50 Å². The molecule has 0 aromatic carbocycles. The van der Waals surface area contributed by atoms with Crippen molar-refractivity contribution in [3.63, 3.8) is 0 Å². The highest BCUT2D eigenvalue weighted by Gasteiger charge is 2.44. The van der Waals surface area contributed by atoms with Gasteiger partial charge in [-0.25, -0.2) is 0 Å². The molecule has 4 nitrogen and oxygen atoms in total. The molecular formula is C6H16BO4P3. The molecule has 14 heavy (non-hydrogen) atoms. The van der Waals surface area contributed by atoms with E-state index in [4.69, 9.17) is 18.9 Å². The summed E-state index contributed by atoms with van der Waals surface area (Å²) in [6, 6.07) is 0.0192. The molecule has 0 aromatic rings. The zero-order valence-corrected chi connectivity index (χ0v) is 11.4. The van der Waals surface area contributed by atoms with E-state index in [-0.39, 0.29) is 30.9 Å². The largest absolute Gasteiger partial charge is 0.394 e. The Hall–Kier alpha value is 1.19. The van der Waals surface area contributed by atoms with Crippen LogP contribution in [0.3, 0.4) is 0 Å². The van der Waals surface area contributed by atoms with Gasteiger partial charge < -0.3 is 18.9 Å². The van der Waals surface area contributed by atoms with Crippen LogP contribution in [0.4, 0.5) is 0 Å². The third-order valence-corrected chi connectivity index (χ3v) is 3.48. The van der Waals surface area contributed by atoms with Crippen LogP contribution in [-0.2, 0) is 13.8 Å². The van der Waals surface area contributed by atoms with Crippen LogP contribution < -0.4 is 0 Å². The van der Waals surface area contributed by atoms with E-state index in [1.807, 2.05) is 6.82 Å². The average Bonchev–Trinajstić information content (AvgIpc) is 2.56. The number of hydrogen-bond acceptors (Lipinski definition) is 4. The van der Waals surface area contributed by atoms with Crippen molar-refractivity contribution in [3.8, 4) is 0 Å². The van der Waals surface area contributed by atoms with Crippen molar-refractivity contribution in [2.24, 2.45) is 0 Å². The third kappa shape index (κ3) is 2.86. The molecule has 7 atom stereocenters. The lowest BCUT2D eigenvalue weighted by atomic mass is 9.72. The van der Waals surface area contributed by atoms with Crippen molar-refractivity contribution in [2.45, 2.75) is 31.1 Å². The standard InChI is InChI=1S/C6H16BO4P3/c1-7-6-5(11-14-13)4(10-12)3(2-8)9-6/h3-8,14H,2,12-13H2,1H3/t3-,4+,5?,6-/m1/s1. The molecular weight excluding hydrogens is 240 g/mol. The van der Waals surface area contributed by atoms with Crippen molar-refractivity contribution in [1.82, 2.24) is 0 Å². The van der Waals surface area contributed by atoms with Gasteiger partial charge in [0.1, 0.15) is 18.3 Å². The molecule has 0 aliphatic carbocycles. The first-order valence-corrected chi connectivity index (χ1v) is 7.70. The van der Waals surface area contributed by atoms with Crippen LogP contribution in [0.15, 0.2) is 0 Å². The van der Waals surface area contributed by atoms with E-state index < -0.39 is 0 Å². The third-order valence-electron chi connectivity index (χ3n) is 2.35. The van der Waals surface area contributed by atoms with Gasteiger partial charge in [-0.05, 0) is 0 Å². The second-order valence-corrected chi connectivity index (χ2v) is 4.56. The molecule has 1 saturated heterocycles. The van der Waals surface area contributed by atoms with Gasteiger partial charge in [-0.15, -0.1) is 0 Å². The Labute approximate surface area is 91.3 Å². The van der Waals surface area contributed by atoms with E-state index in [0.717, 1.165) is 7.28 Å². The first-order chi connectivity index (χ1) is 6.78. The van der Waals surface area contributed by atoms with Crippen LogP contribution in [0.25, 0.3) is 0 Å². The zero-order valence-electron chi connectivity index (χ0n) is 8.05. The van der Waals surface area contributed by atoms with Gasteiger partial charge in [-0.1, -0.05) is 15.8 Å².